The fourth-order valence-electron chi connectivity index (χ4n) is 4.07. The van der Waals surface area contributed by atoms with Crippen molar-refractivity contribution in [1.29, 1.82) is 0 Å². The van der Waals surface area contributed by atoms with Crippen LogP contribution in [0, 0.1) is 5.41 Å². The van der Waals surface area contributed by atoms with E-state index in [1.54, 1.807) is 7.05 Å². The van der Waals surface area contributed by atoms with Crippen molar-refractivity contribution in [3.8, 4) is 0 Å². The smallest absolute Gasteiger partial charge is 0.236 e. The first kappa shape index (κ1) is 17.0. The van der Waals surface area contributed by atoms with Crippen LogP contribution in [-0.4, -0.2) is 54.8 Å². The summed E-state index contributed by atoms with van der Waals surface area (Å²) < 4.78 is 0. The lowest BCUT2D eigenvalue weighted by Gasteiger charge is -2.48. The van der Waals surface area contributed by atoms with Crippen LogP contribution >= 0.6 is 0 Å². The highest BCUT2D eigenvalue weighted by Gasteiger charge is 2.42. The zero-order chi connectivity index (χ0) is 17.0. The lowest BCUT2D eigenvalue weighted by Crippen LogP contribution is -2.55. The fraction of sp³-hybridized carbons (Fsp3) is 0.579. The molecule has 1 N–H and O–H groups in total. The number of rotatable bonds is 4. The zero-order valence-corrected chi connectivity index (χ0v) is 14.5. The molecule has 0 saturated carbocycles. The summed E-state index contributed by atoms with van der Waals surface area (Å²) in [5.41, 5.74) is 1.24. The Kier molecular flexibility index (Phi) is 5.19. The van der Waals surface area contributed by atoms with Gasteiger partial charge in [0, 0.05) is 38.0 Å². The van der Waals surface area contributed by atoms with Crippen LogP contribution in [0.5, 0.6) is 0 Å². The van der Waals surface area contributed by atoms with Crippen molar-refractivity contribution < 1.29 is 9.59 Å². The van der Waals surface area contributed by atoms with Gasteiger partial charge in [-0.3, -0.25) is 9.59 Å². The van der Waals surface area contributed by atoms with E-state index >= 15 is 0 Å². The van der Waals surface area contributed by atoms with Gasteiger partial charge >= 0.3 is 0 Å². The quantitative estimate of drug-likeness (QED) is 0.914. The largest absolute Gasteiger partial charge is 0.341 e. The molecule has 5 heteroatoms. The molecule has 0 aromatic heterocycles. The van der Waals surface area contributed by atoms with E-state index in [1.165, 1.54) is 5.56 Å². The second-order valence-electron chi connectivity index (χ2n) is 7.18. The molecular weight excluding hydrogens is 302 g/mol. The van der Waals surface area contributed by atoms with Gasteiger partial charge in [0.15, 0.2) is 0 Å². The van der Waals surface area contributed by atoms with Crippen LogP contribution < -0.4 is 5.32 Å². The lowest BCUT2D eigenvalue weighted by molar-refractivity contribution is -0.143. The van der Waals surface area contributed by atoms with Crippen molar-refractivity contribution in [2.24, 2.45) is 5.41 Å². The molecule has 0 bridgehead atoms. The molecule has 5 nitrogen and oxygen atoms in total. The average Bonchev–Trinajstić information content (AvgIpc) is 2.60. The van der Waals surface area contributed by atoms with E-state index in [1.807, 2.05) is 28.0 Å². The van der Waals surface area contributed by atoms with E-state index < -0.39 is 0 Å². The number of hydrogen-bond acceptors (Lipinski definition) is 3. The highest BCUT2D eigenvalue weighted by molar-refractivity contribution is 5.79. The van der Waals surface area contributed by atoms with Crippen LogP contribution in [0.15, 0.2) is 30.3 Å². The Morgan fingerprint density at radius 1 is 1.21 bits per heavy atom. The third-order valence-corrected chi connectivity index (χ3v) is 5.31. The van der Waals surface area contributed by atoms with Crippen molar-refractivity contribution in [2.45, 2.75) is 32.2 Å². The maximum Gasteiger partial charge on any atom is 0.236 e. The van der Waals surface area contributed by atoms with Crippen LogP contribution in [0.4, 0.5) is 0 Å². The van der Waals surface area contributed by atoms with Crippen LogP contribution in [0.25, 0.3) is 0 Å². The molecule has 1 aromatic rings. The van der Waals surface area contributed by atoms with Gasteiger partial charge in [-0.25, -0.2) is 0 Å². The van der Waals surface area contributed by atoms with Gasteiger partial charge in [-0.1, -0.05) is 30.3 Å². The summed E-state index contributed by atoms with van der Waals surface area (Å²) in [6.45, 7) is 3.46. The number of likely N-dealkylation sites (N-methyl/N-ethyl adjacent to an activating group) is 1. The summed E-state index contributed by atoms with van der Waals surface area (Å²) in [6, 6.07) is 10.2. The predicted molar refractivity (Wildman–Crippen MR) is 93.3 cm³/mol. The molecule has 2 aliphatic rings. The molecule has 2 heterocycles. The number of likely N-dealkylation sites (tertiary alicyclic amines) is 2. The summed E-state index contributed by atoms with van der Waals surface area (Å²) in [7, 11) is 1.80. The van der Waals surface area contributed by atoms with Crippen molar-refractivity contribution in [3.63, 3.8) is 0 Å². The maximum absolute atomic E-state index is 12.4. The molecule has 24 heavy (non-hydrogen) atoms. The molecule has 3 rings (SSSR count). The van der Waals surface area contributed by atoms with E-state index in [4.69, 9.17) is 0 Å². The number of benzene rings is 1. The maximum atomic E-state index is 12.4. The number of amides is 2. The van der Waals surface area contributed by atoms with Gasteiger partial charge in [-0.05, 0) is 31.9 Å². The number of nitrogens with zero attached hydrogens (tertiary/aromatic N) is 2. The summed E-state index contributed by atoms with van der Waals surface area (Å²) in [5.74, 6) is 0.409. The van der Waals surface area contributed by atoms with Gasteiger partial charge in [0.2, 0.25) is 11.8 Å². The van der Waals surface area contributed by atoms with Crippen molar-refractivity contribution in [1.82, 2.24) is 15.1 Å². The Bertz CT molecular complexity index is 590. The standard InChI is InChI=1S/C19H27N3O2/c1-20-12-18(24)21-11-5-9-19(14-21)10-8-17(23)22(15-19)13-16-6-3-2-4-7-16/h2-4,6-7,20H,5,8-15H2,1H3. The first-order valence-electron chi connectivity index (χ1n) is 8.86. The van der Waals surface area contributed by atoms with Crippen LogP contribution in [-0.2, 0) is 16.1 Å². The number of nitrogens with one attached hydrogen (secondary N) is 1. The number of carbonyl (C=O) groups excluding carboxylic acids is 2. The Morgan fingerprint density at radius 3 is 2.75 bits per heavy atom. The Hall–Kier alpha value is -1.88. The molecule has 1 atom stereocenters. The van der Waals surface area contributed by atoms with Gasteiger partial charge in [-0.2, -0.15) is 0 Å². The number of carbonyl (C=O) groups is 2. The molecule has 0 radical (unpaired) electrons. The molecule has 1 aromatic carbocycles. The van der Waals surface area contributed by atoms with Gasteiger partial charge < -0.3 is 15.1 Å². The molecule has 0 aliphatic carbocycles. The topological polar surface area (TPSA) is 52.7 Å². The zero-order valence-electron chi connectivity index (χ0n) is 14.5. The third-order valence-electron chi connectivity index (χ3n) is 5.31. The second kappa shape index (κ2) is 7.34. The minimum Gasteiger partial charge on any atom is -0.341 e. The molecule has 2 aliphatic heterocycles. The van der Waals surface area contributed by atoms with Crippen LogP contribution in [0.2, 0.25) is 0 Å². The number of hydrogen-bond donors (Lipinski definition) is 1. The van der Waals surface area contributed by atoms with Gasteiger partial charge in [-0.15, -0.1) is 0 Å². The van der Waals surface area contributed by atoms with Crippen LogP contribution in [0.1, 0.15) is 31.2 Å². The van der Waals surface area contributed by atoms with Gasteiger partial charge in [0.1, 0.15) is 0 Å². The molecule has 1 spiro atoms. The molecule has 130 valence electrons. The minimum absolute atomic E-state index is 0.0738. The molecule has 2 fully saturated rings. The van der Waals surface area contributed by atoms with E-state index in [-0.39, 0.29) is 17.2 Å². The Labute approximate surface area is 144 Å². The predicted octanol–water partition coefficient (Wildman–Crippen LogP) is 1.64. The SMILES string of the molecule is CNCC(=O)N1CCCC2(CCC(=O)N(Cc3ccccc3)C2)C1. The average molecular weight is 329 g/mol. The van der Waals surface area contributed by atoms with Crippen molar-refractivity contribution >= 4 is 11.8 Å². The van der Waals surface area contributed by atoms with E-state index in [0.717, 1.165) is 38.9 Å². The normalized spacial score (nSPS) is 24.5. The first-order chi connectivity index (χ1) is 11.6. The minimum atomic E-state index is 0.0738. The monoisotopic (exact) mass is 329 g/mol. The second-order valence-corrected chi connectivity index (χ2v) is 7.18. The van der Waals surface area contributed by atoms with Gasteiger partial charge in [0.05, 0.1) is 6.54 Å². The molecular formula is C19H27N3O2. The highest BCUT2D eigenvalue weighted by Crippen LogP contribution is 2.39. The van der Waals surface area contributed by atoms with E-state index in [9.17, 15) is 9.59 Å². The van der Waals surface area contributed by atoms with E-state index in [0.29, 0.717) is 19.5 Å². The number of piperidine rings is 2. The Balaban J connectivity index is 1.69. The first-order valence-corrected chi connectivity index (χ1v) is 8.86. The summed E-state index contributed by atoms with van der Waals surface area (Å²) in [6.07, 6.45) is 3.64. The fourth-order valence-corrected chi connectivity index (χ4v) is 4.07. The Morgan fingerprint density at radius 2 is 2.00 bits per heavy atom. The molecule has 1 unspecified atom stereocenters. The van der Waals surface area contributed by atoms with Crippen LogP contribution in [0.3, 0.4) is 0 Å². The molecule has 2 saturated heterocycles. The summed E-state index contributed by atoms with van der Waals surface area (Å²) in [5, 5.41) is 2.95. The van der Waals surface area contributed by atoms with Gasteiger partial charge in [0.25, 0.3) is 0 Å². The summed E-state index contributed by atoms with van der Waals surface area (Å²) in [4.78, 5) is 28.6. The van der Waals surface area contributed by atoms with Crippen molar-refractivity contribution in [2.75, 3.05) is 33.2 Å². The highest BCUT2D eigenvalue weighted by atomic mass is 16.2. The third kappa shape index (κ3) is 3.78. The van der Waals surface area contributed by atoms with E-state index in [2.05, 4.69) is 17.4 Å². The molecule has 2 amide bonds. The summed E-state index contributed by atoms with van der Waals surface area (Å²) >= 11 is 0. The lowest BCUT2D eigenvalue weighted by atomic mass is 9.73. The van der Waals surface area contributed by atoms with Crippen molar-refractivity contribution in [3.05, 3.63) is 35.9 Å².